The van der Waals surface area contributed by atoms with Gasteiger partial charge in [0.15, 0.2) is 0 Å². The molecule has 4 N–H and O–H groups in total. The fourth-order valence-electron chi connectivity index (χ4n) is 10.9. The maximum atomic E-state index is 11.0. The van der Waals surface area contributed by atoms with Crippen LogP contribution in [0.3, 0.4) is 0 Å². The monoisotopic (exact) mass is 457 g/mol. The van der Waals surface area contributed by atoms with E-state index in [0.717, 1.165) is 19.4 Å². The summed E-state index contributed by atoms with van der Waals surface area (Å²) in [4.78, 5) is 0. The topological polar surface area (TPSA) is 66.5 Å². The highest BCUT2D eigenvalue weighted by atomic mass is 16.3. The van der Waals surface area contributed by atoms with E-state index in [9.17, 15) is 10.2 Å². The number of rotatable bonds is 1. The summed E-state index contributed by atoms with van der Waals surface area (Å²) < 4.78 is 0. The first-order valence-electron chi connectivity index (χ1n) is 13.9. The second-order valence-corrected chi connectivity index (χ2v) is 15.3. The van der Waals surface area contributed by atoms with Gasteiger partial charge in [-0.3, -0.25) is 0 Å². The van der Waals surface area contributed by atoms with Gasteiger partial charge in [0, 0.05) is 0 Å². The summed E-state index contributed by atoms with van der Waals surface area (Å²) in [5.41, 5.74) is 9.29. The van der Waals surface area contributed by atoms with E-state index in [1.54, 1.807) is 5.57 Å². The number of allylic oxidation sites excluding steroid dienone is 2. The SMILES string of the molecule is CC1(C)CC[C@]2(CN)CC[C@]3(C)C(=CC[C@@H]4[C@@]5(C)C[C@@H](O)[C@H](O)C(C)(C)[C@@H]5CC[C@]43C)[C@@H]2C1. The Labute approximate surface area is 203 Å². The Hall–Kier alpha value is -0.380. The van der Waals surface area contributed by atoms with Crippen molar-refractivity contribution >= 4 is 0 Å². The van der Waals surface area contributed by atoms with Gasteiger partial charge < -0.3 is 15.9 Å². The molecular weight excluding hydrogens is 406 g/mol. The molecule has 9 atom stereocenters. The maximum Gasteiger partial charge on any atom is 0.0852 e. The molecule has 0 unspecified atom stereocenters. The molecule has 0 bridgehead atoms. The highest BCUT2D eigenvalue weighted by Crippen LogP contribution is 2.75. The molecule has 0 heterocycles. The summed E-state index contributed by atoms with van der Waals surface area (Å²) in [6, 6.07) is 0. The van der Waals surface area contributed by atoms with Gasteiger partial charge in [-0.25, -0.2) is 0 Å². The molecule has 0 radical (unpaired) electrons. The first-order chi connectivity index (χ1) is 15.2. The van der Waals surface area contributed by atoms with Crippen LogP contribution in [0.15, 0.2) is 11.6 Å². The second-order valence-electron chi connectivity index (χ2n) is 15.3. The first kappa shape index (κ1) is 24.3. The van der Waals surface area contributed by atoms with Crippen LogP contribution in [0, 0.1) is 50.2 Å². The Morgan fingerprint density at radius 2 is 1.55 bits per heavy atom. The summed E-state index contributed by atoms with van der Waals surface area (Å²) >= 11 is 0. The van der Waals surface area contributed by atoms with Gasteiger partial charge in [0.05, 0.1) is 12.2 Å². The van der Waals surface area contributed by atoms with Gasteiger partial charge in [0.25, 0.3) is 0 Å². The minimum Gasteiger partial charge on any atom is -0.390 e. The van der Waals surface area contributed by atoms with E-state index >= 15 is 0 Å². The summed E-state index contributed by atoms with van der Waals surface area (Å²) in [5, 5.41) is 21.9. The molecule has 33 heavy (non-hydrogen) atoms. The van der Waals surface area contributed by atoms with Gasteiger partial charge in [-0.15, -0.1) is 0 Å². The Kier molecular flexibility index (Phi) is 5.23. The van der Waals surface area contributed by atoms with Gasteiger partial charge in [0.2, 0.25) is 0 Å². The Morgan fingerprint density at radius 3 is 2.21 bits per heavy atom. The van der Waals surface area contributed by atoms with Crippen molar-refractivity contribution in [3.05, 3.63) is 11.6 Å². The number of aliphatic hydroxyl groups is 2. The third kappa shape index (κ3) is 2.97. The number of aliphatic hydroxyl groups excluding tert-OH is 2. The second kappa shape index (κ2) is 7.10. The summed E-state index contributed by atoms with van der Waals surface area (Å²) in [7, 11) is 0. The molecule has 5 aliphatic carbocycles. The van der Waals surface area contributed by atoms with Gasteiger partial charge in [-0.1, -0.05) is 60.1 Å². The molecule has 0 aromatic rings. The molecule has 0 aliphatic heterocycles. The number of fused-ring (bicyclic) bond motifs is 7. The standard InChI is InChI=1S/C30H51NO2/c1-25(2)12-14-30(18-31)15-13-28(6)19(20(30)16-25)8-9-23-27(5)17-21(32)24(33)26(3,4)22(27)10-11-29(23,28)7/h8,20-24,32-33H,9-18,31H2,1-7H3/t20-,21+,22-,23+,24-,27-,28+,29+,30+/m0/s1. The van der Waals surface area contributed by atoms with E-state index < -0.39 is 12.2 Å². The Balaban J connectivity index is 1.59. The molecule has 4 saturated carbocycles. The maximum absolute atomic E-state index is 11.0. The van der Waals surface area contributed by atoms with Crippen molar-refractivity contribution in [3.63, 3.8) is 0 Å². The van der Waals surface area contributed by atoms with E-state index in [2.05, 4.69) is 54.5 Å². The lowest BCUT2D eigenvalue weighted by Crippen LogP contribution is -2.67. The van der Waals surface area contributed by atoms with Crippen LogP contribution in [-0.4, -0.2) is 29.0 Å². The average molecular weight is 458 g/mol. The molecule has 5 rings (SSSR count). The molecule has 188 valence electrons. The fraction of sp³-hybridized carbons (Fsp3) is 0.933. The highest BCUT2D eigenvalue weighted by molar-refractivity contribution is 5.34. The molecule has 0 aromatic carbocycles. The van der Waals surface area contributed by atoms with E-state index in [4.69, 9.17) is 5.73 Å². The lowest BCUT2D eigenvalue weighted by atomic mass is 9.33. The molecule has 3 nitrogen and oxygen atoms in total. The predicted molar refractivity (Wildman–Crippen MR) is 135 cm³/mol. The lowest BCUT2D eigenvalue weighted by molar-refractivity contribution is -0.231. The van der Waals surface area contributed by atoms with Crippen LogP contribution in [-0.2, 0) is 0 Å². The largest absolute Gasteiger partial charge is 0.390 e. The van der Waals surface area contributed by atoms with Crippen molar-refractivity contribution in [3.8, 4) is 0 Å². The van der Waals surface area contributed by atoms with E-state index in [1.807, 2.05) is 0 Å². The van der Waals surface area contributed by atoms with Crippen LogP contribution < -0.4 is 5.73 Å². The summed E-state index contributed by atoms with van der Waals surface area (Å²) in [5.74, 6) is 1.64. The number of hydrogen-bond donors (Lipinski definition) is 3. The lowest BCUT2D eigenvalue weighted by Gasteiger charge is -2.71. The van der Waals surface area contributed by atoms with Crippen LogP contribution in [0.1, 0.15) is 106 Å². The highest BCUT2D eigenvalue weighted by Gasteiger charge is 2.69. The summed E-state index contributed by atoms with van der Waals surface area (Å²) in [6.45, 7) is 17.9. The molecule has 0 saturated heterocycles. The zero-order valence-corrected chi connectivity index (χ0v) is 22.5. The molecular formula is C30H51NO2. The van der Waals surface area contributed by atoms with E-state index in [1.165, 1.54) is 44.9 Å². The van der Waals surface area contributed by atoms with Crippen molar-refractivity contribution in [1.29, 1.82) is 0 Å². The smallest absolute Gasteiger partial charge is 0.0852 e. The number of nitrogens with two attached hydrogens (primary N) is 1. The van der Waals surface area contributed by atoms with Crippen LogP contribution in [0.4, 0.5) is 0 Å². The van der Waals surface area contributed by atoms with Crippen molar-refractivity contribution in [2.24, 2.45) is 56.0 Å². The quantitative estimate of drug-likeness (QED) is 0.418. The van der Waals surface area contributed by atoms with Gasteiger partial charge >= 0.3 is 0 Å². The predicted octanol–water partition coefficient (Wildman–Crippen LogP) is 6.08. The Morgan fingerprint density at radius 1 is 0.879 bits per heavy atom. The third-order valence-electron chi connectivity index (χ3n) is 13.2. The van der Waals surface area contributed by atoms with E-state index in [-0.39, 0.29) is 21.7 Å². The third-order valence-corrected chi connectivity index (χ3v) is 13.2. The molecule has 0 aromatic heterocycles. The van der Waals surface area contributed by atoms with Gasteiger partial charge in [-0.05, 0) is 115 Å². The Bertz CT molecular complexity index is 846. The molecule has 5 aliphatic rings. The zero-order chi connectivity index (χ0) is 24.2. The van der Waals surface area contributed by atoms with E-state index in [0.29, 0.717) is 28.6 Å². The van der Waals surface area contributed by atoms with Crippen molar-refractivity contribution in [2.45, 2.75) is 118 Å². The van der Waals surface area contributed by atoms with Crippen molar-refractivity contribution < 1.29 is 10.2 Å². The first-order valence-corrected chi connectivity index (χ1v) is 13.9. The van der Waals surface area contributed by atoms with Crippen LogP contribution >= 0.6 is 0 Å². The molecule has 0 amide bonds. The molecule has 4 fully saturated rings. The van der Waals surface area contributed by atoms with Gasteiger partial charge in [-0.2, -0.15) is 0 Å². The minimum absolute atomic E-state index is 0.0639. The van der Waals surface area contributed by atoms with Crippen LogP contribution in [0.25, 0.3) is 0 Å². The molecule has 3 heteroatoms. The zero-order valence-electron chi connectivity index (χ0n) is 22.5. The van der Waals surface area contributed by atoms with Crippen LogP contribution in [0.2, 0.25) is 0 Å². The normalized spacial score (nSPS) is 54.8. The van der Waals surface area contributed by atoms with Gasteiger partial charge in [0.1, 0.15) is 0 Å². The van der Waals surface area contributed by atoms with Crippen molar-refractivity contribution in [1.82, 2.24) is 0 Å². The average Bonchev–Trinajstić information content (AvgIpc) is 2.72. The van der Waals surface area contributed by atoms with Crippen molar-refractivity contribution in [2.75, 3.05) is 6.54 Å². The summed E-state index contributed by atoms with van der Waals surface area (Å²) in [6.07, 6.45) is 12.1. The molecule has 0 spiro atoms. The van der Waals surface area contributed by atoms with Crippen LogP contribution in [0.5, 0.6) is 0 Å². The number of hydrogen-bond acceptors (Lipinski definition) is 3. The fourth-order valence-corrected chi connectivity index (χ4v) is 10.9. The minimum atomic E-state index is -0.616.